The quantitative estimate of drug-likeness (QED) is 0.848. The lowest BCUT2D eigenvalue weighted by Crippen LogP contribution is -2.49. The van der Waals surface area contributed by atoms with Crippen LogP contribution in [0.3, 0.4) is 0 Å². The summed E-state index contributed by atoms with van der Waals surface area (Å²) >= 11 is 0. The van der Waals surface area contributed by atoms with Crippen LogP contribution >= 0.6 is 0 Å². The summed E-state index contributed by atoms with van der Waals surface area (Å²) in [6.07, 6.45) is -4.71. The van der Waals surface area contributed by atoms with Crippen molar-refractivity contribution < 1.29 is 22.7 Å². The highest BCUT2D eigenvalue weighted by Gasteiger charge is 2.34. The molecule has 0 radical (unpaired) electrons. The molecule has 5 nitrogen and oxygen atoms in total. The summed E-state index contributed by atoms with van der Waals surface area (Å²) in [5, 5.41) is 0. The Morgan fingerprint density at radius 3 is 2.82 bits per heavy atom. The zero-order valence-corrected chi connectivity index (χ0v) is 12.4. The number of nitrogens with zero attached hydrogens (tertiary/aromatic N) is 3. The van der Waals surface area contributed by atoms with Crippen LogP contribution in [0, 0.1) is 0 Å². The maximum Gasteiger partial charge on any atom is 0.433 e. The van der Waals surface area contributed by atoms with E-state index < -0.39 is 17.8 Å². The van der Waals surface area contributed by atoms with Gasteiger partial charge in [0.1, 0.15) is 11.4 Å². The minimum atomic E-state index is -4.56. The molecule has 0 saturated carbocycles. The van der Waals surface area contributed by atoms with Crippen LogP contribution in [0.2, 0.25) is 0 Å². The molecule has 1 aromatic heterocycles. The maximum absolute atomic E-state index is 12.7. The lowest BCUT2D eigenvalue weighted by Gasteiger charge is -2.34. The molecule has 2 rings (SSSR count). The summed E-state index contributed by atoms with van der Waals surface area (Å²) in [7, 11) is 3.77. The number of hydrogen-bond donors (Lipinski definition) is 0. The number of morpholine rings is 1. The van der Waals surface area contributed by atoms with Gasteiger partial charge in [0.25, 0.3) is 5.91 Å². The predicted molar refractivity (Wildman–Crippen MR) is 73.4 cm³/mol. The summed E-state index contributed by atoms with van der Waals surface area (Å²) < 4.78 is 43.5. The second-order valence-corrected chi connectivity index (χ2v) is 5.41. The summed E-state index contributed by atoms with van der Waals surface area (Å²) in [6, 6.07) is 3.35. The van der Waals surface area contributed by atoms with E-state index >= 15 is 0 Å². The highest BCUT2D eigenvalue weighted by atomic mass is 19.4. The molecule has 122 valence electrons. The Kier molecular flexibility index (Phi) is 5.02. The number of amides is 1. The van der Waals surface area contributed by atoms with Gasteiger partial charge in [0.05, 0.1) is 12.7 Å². The van der Waals surface area contributed by atoms with E-state index in [2.05, 4.69) is 4.98 Å². The normalized spacial score (nSPS) is 19.5. The molecule has 0 N–H and O–H groups in total. The molecular formula is C14H18F3N3O2. The van der Waals surface area contributed by atoms with Crippen molar-refractivity contribution in [3.8, 4) is 0 Å². The van der Waals surface area contributed by atoms with Crippen molar-refractivity contribution in [2.24, 2.45) is 0 Å². The van der Waals surface area contributed by atoms with Gasteiger partial charge in [-0.2, -0.15) is 13.2 Å². The summed E-state index contributed by atoms with van der Waals surface area (Å²) in [4.78, 5) is 19.2. The average molecular weight is 317 g/mol. The fourth-order valence-electron chi connectivity index (χ4n) is 2.30. The topological polar surface area (TPSA) is 45.7 Å². The Balaban J connectivity index is 2.11. The second kappa shape index (κ2) is 6.62. The van der Waals surface area contributed by atoms with Crippen molar-refractivity contribution in [3.63, 3.8) is 0 Å². The summed E-state index contributed by atoms with van der Waals surface area (Å²) in [5.74, 6) is -0.502. The number of likely N-dealkylation sites (N-methyl/N-ethyl adjacent to an activating group) is 1. The molecule has 22 heavy (non-hydrogen) atoms. The van der Waals surface area contributed by atoms with E-state index in [4.69, 9.17) is 4.74 Å². The van der Waals surface area contributed by atoms with Crippen molar-refractivity contribution >= 4 is 5.91 Å². The van der Waals surface area contributed by atoms with Crippen molar-refractivity contribution in [2.75, 3.05) is 40.3 Å². The van der Waals surface area contributed by atoms with Crippen LogP contribution in [0.25, 0.3) is 0 Å². The summed E-state index contributed by atoms with van der Waals surface area (Å²) in [5.41, 5.74) is -1.25. The second-order valence-electron chi connectivity index (χ2n) is 5.41. The van der Waals surface area contributed by atoms with Gasteiger partial charge in [0, 0.05) is 19.6 Å². The molecular weight excluding hydrogens is 299 g/mol. The van der Waals surface area contributed by atoms with E-state index in [1.165, 1.54) is 17.0 Å². The molecule has 1 unspecified atom stereocenters. The number of halogens is 3. The first-order valence-corrected chi connectivity index (χ1v) is 6.87. The molecule has 0 aromatic carbocycles. The molecule has 0 aliphatic carbocycles. The number of pyridine rings is 1. The maximum atomic E-state index is 12.7. The van der Waals surface area contributed by atoms with Gasteiger partial charge in [-0.25, -0.2) is 4.98 Å². The molecule has 1 aromatic rings. The van der Waals surface area contributed by atoms with E-state index in [9.17, 15) is 18.0 Å². The van der Waals surface area contributed by atoms with Gasteiger partial charge in [-0.05, 0) is 26.2 Å². The molecule has 2 heterocycles. The average Bonchev–Trinajstić information content (AvgIpc) is 2.45. The lowest BCUT2D eigenvalue weighted by atomic mass is 10.2. The molecule has 0 bridgehead atoms. The van der Waals surface area contributed by atoms with Gasteiger partial charge < -0.3 is 14.5 Å². The Morgan fingerprint density at radius 2 is 2.18 bits per heavy atom. The van der Waals surface area contributed by atoms with Crippen molar-refractivity contribution in [1.82, 2.24) is 14.8 Å². The monoisotopic (exact) mass is 317 g/mol. The predicted octanol–water partition coefficient (Wildman–Crippen LogP) is 1.50. The smallest absolute Gasteiger partial charge is 0.373 e. The first-order valence-electron chi connectivity index (χ1n) is 6.87. The van der Waals surface area contributed by atoms with Gasteiger partial charge in [-0.3, -0.25) is 4.79 Å². The van der Waals surface area contributed by atoms with Crippen LogP contribution in [0.15, 0.2) is 18.2 Å². The largest absolute Gasteiger partial charge is 0.433 e. The fraction of sp³-hybridized carbons (Fsp3) is 0.571. The van der Waals surface area contributed by atoms with Crippen LogP contribution in [-0.2, 0) is 10.9 Å². The van der Waals surface area contributed by atoms with Gasteiger partial charge in [-0.15, -0.1) is 0 Å². The Morgan fingerprint density at radius 1 is 1.45 bits per heavy atom. The van der Waals surface area contributed by atoms with Crippen LogP contribution in [0.1, 0.15) is 16.2 Å². The molecule has 1 fully saturated rings. The van der Waals surface area contributed by atoms with Gasteiger partial charge in [-0.1, -0.05) is 6.07 Å². The SMILES string of the molecule is CN(C)CC1CN(C(=O)c2cccc(C(F)(F)F)n2)CCO1. The van der Waals surface area contributed by atoms with E-state index in [1.54, 1.807) is 0 Å². The first-order chi connectivity index (χ1) is 10.3. The number of hydrogen-bond acceptors (Lipinski definition) is 4. The van der Waals surface area contributed by atoms with Crippen LogP contribution in [-0.4, -0.2) is 67.1 Å². The van der Waals surface area contributed by atoms with E-state index in [-0.39, 0.29) is 11.8 Å². The highest BCUT2D eigenvalue weighted by Crippen LogP contribution is 2.27. The number of rotatable bonds is 3. The van der Waals surface area contributed by atoms with Crippen molar-refractivity contribution in [2.45, 2.75) is 12.3 Å². The molecule has 1 aliphatic heterocycles. The first kappa shape index (κ1) is 16.7. The fourth-order valence-corrected chi connectivity index (χ4v) is 2.30. The third-order valence-electron chi connectivity index (χ3n) is 3.25. The molecule has 1 saturated heterocycles. The molecule has 1 amide bonds. The zero-order valence-electron chi connectivity index (χ0n) is 12.4. The number of carbonyl (C=O) groups excluding carboxylic acids is 1. The molecule has 8 heteroatoms. The standard InChI is InChI=1S/C14H18F3N3O2/c1-19(2)8-10-9-20(6-7-22-10)13(21)11-4-3-5-12(18-11)14(15,16)17/h3-5,10H,6-9H2,1-2H3. The minimum Gasteiger partial charge on any atom is -0.373 e. The Bertz CT molecular complexity index is 534. The number of alkyl halides is 3. The van der Waals surface area contributed by atoms with E-state index in [1.807, 2.05) is 19.0 Å². The number of carbonyl (C=O) groups is 1. The summed E-state index contributed by atoms with van der Waals surface area (Å²) in [6.45, 7) is 1.69. The van der Waals surface area contributed by atoms with Gasteiger partial charge in [0.15, 0.2) is 0 Å². The highest BCUT2D eigenvalue weighted by molar-refractivity contribution is 5.92. The van der Waals surface area contributed by atoms with Crippen LogP contribution in [0.4, 0.5) is 13.2 Å². The van der Waals surface area contributed by atoms with E-state index in [0.717, 1.165) is 6.07 Å². The Labute approximate surface area is 126 Å². The van der Waals surface area contributed by atoms with E-state index in [0.29, 0.717) is 26.2 Å². The minimum absolute atomic E-state index is 0.154. The molecule has 1 atom stereocenters. The third kappa shape index (κ3) is 4.17. The zero-order chi connectivity index (χ0) is 16.3. The molecule has 1 aliphatic rings. The number of ether oxygens (including phenoxy) is 1. The molecule has 0 spiro atoms. The van der Waals surface area contributed by atoms with Crippen LogP contribution < -0.4 is 0 Å². The number of aromatic nitrogens is 1. The van der Waals surface area contributed by atoms with Gasteiger partial charge in [0.2, 0.25) is 0 Å². The van der Waals surface area contributed by atoms with Crippen LogP contribution in [0.5, 0.6) is 0 Å². The van der Waals surface area contributed by atoms with Crippen molar-refractivity contribution in [1.29, 1.82) is 0 Å². The lowest BCUT2D eigenvalue weighted by molar-refractivity contribution is -0.141. The van der Waals surface area contributed by atoms with Crippen molar-refractivity contribution in [3.05, 3.63) is 29.6 Å². The third-order valence-corrected chi connectivity index (χ3v) is 3.25. The Hall–Kier alpha value is -1.67. The van der Waals surface area contributed by atoms with Gasteiger partial charge >= 0.3 is 6.18 Å².